The number of carbonyl (C=O) groups is 9. The molecule has 12 aliphatic carbocycles. The maximum atomic E-state index is 14.1. The van der Waals surface area contributed by atoms with Gasteiger partial charge in [-0.3, -0.25) is 57.3 Å². The number of allylic oxidation sites excluding steroid dienone is 3. The van der Waals surface area contributed by atoms with Crippen LogP contribution in [0.1, 0.15) is 182 Å². The predicted molar refractivity (Wildman–Crippen MR) is 538 cm³/mol. The highest BCUT2D eigenvalue weighted by Crippen LogP contribution is 2.53. The molecule has 6 N–H and O–H groups in total. The molecule has 3 heterocycles. The number of ether oxygens (including phenoxy) is 3. The van der Waals surface area contributed by atoms with E-state index in [0.29, 0.717) is 119 Å². The third kappa shape index (κ3) is 20.6. The van der Waals surface area contributed by atoms with E-state index in [1.54, 1.807) is 48.0 Å². The van der Waals surface area contributed by atoms with Crippen LogP contribution in [0.4, 0.5) is 0 Å². The Hall–Kier alpha value is -13.1. The van der Waals surface area contributed by atoms with Crippen LogP contribution >= 0.6 is 0 Å². The molecule has 0 saturated heterocycles. The van der Waals surface area contributed by atoms with Crippen LogP contribution in [-0.2, 0) is 87.7 Å². The van der Waals surface area contributed by atoms with E-state index in [0.717, 1.165) is 111 Å². The van der Waals surface area contributed by atoms with Gasteiger partial charge in [-0.25, -0.2) is 25.3 Å². The Morgan fingerprint density at radius 3 is 0.944 bits per heavy atom. The monoisotopic (exact) mass is 2020 g/mol. The first-order chi connectivity index (χ1) is 69.3. The maximum Gasteiger partial charge on any atom is 0.259 e. The maximum absolute atomic E-state index is 14.1. The number of benzene rings is 6. The first-order valence-electron chi connectivity index (χ1n) is 50.2. The number of fused-ring (bicyclic) bond motifs is 18. The fourth-order valence-corrected chi connectivity index (χ4v) is 25.9. The van der Waals surface area contributed by atoms with E-state index in [1.807, 2.05) is 171 Å². The molecule has 758 valence electrons. The van der Waals surface area contributed by atoms with Crippen LogP contribution in [0.15, 0.2) is 205 Å². The second kappa shape index (κ2) is 40.8. The predicted octanol–water partition coefficient (Wildman–Crippen LogP) is 11.3. The molecule has 3 aliphatic heterocycles. The zero-order valence-electron chi connectivity index (χ0n) is 81.1. The lowest BCUT2D eigenvalue weighted by atomic mass is 9.93. The molecular weight excluding hydrogens is 1900 g/mol. The van der Waals surface area contributed by atoms with E-state index in [1.165, 1.54) is 0 Å². The summed E-state index contributed by atoms with van der Waals surface area (Å²) < 4.78 is 100. The van der Waals surface area contributed by atoms with Gasteiger partial charge in [0.15, 0.2) is 0 Å². The summed E-state index contributed by atoms with van der Waals surface area (Å²) in [5.74, 6) is -7.62. The van der Waals surface area contributed by atoms with Crippen LogP contribution in [0, 0.1) is 53.3 Å². The Kier molecular flexibility index (Phi) is 28.3. The minimum absolute atomic E-state index is 0.166. The molecule has 0 aromatic heterocycles. The summed E-state index contributed by atoms with van der Waals surface area (Å²) in [6, 6.07) is 41.6. The number of hydrogen-bond donors (Lipinski definition) is 6. The first kappa shape index (κ1) is 99.6. The van der Waals surface area contributed by atoms with E-state index in [9.17, 15) is 68.4 Å². The van der Waals surface area contributed by atoms with E-state index in [2.05, 4.69) is 58.7 Å². The fourth-order valence-electron chi connectivity index (χ4n) is 21.8. The number of amides is 9. The summed E-state index contributed by atoms with van der Waals surface area (Å²) in [7, 11) is -6.24. The van der Waals surface area contributed by atoms with Crippen molar-refractivity contribution in [3.63, 3.8) is 0 Å². The average Bonchev–Trinajstić information content (AvgIpc) is 1.58. The zero-order valence-corrected chi connectivity index (χ0v) is 83.5. The molecule has 36 heteroatoms. The summed E-state index contributed by atoms with van der Waals surface area (Å²) in [6.07, 6.45) is 23.8. The highest BCUT2D eigenvalue weighted by molar-refractivity contribution is 7.91. The average molecular weight is 2020 g/mol. The molecule has 12 bridgehead atoms. The van der Waals surface area contributed by atoms with Crippen molar-refractivity contribution >= 4 is 100 Å². The van der Waals surface area contributed by atoms with Crippen LogP contribution in [0.3, 0.4) is 0 Å². The third-order valence-electron chi connectivity index (χ3n) is 30.9. The lowest BCUT2D eigenvalue weighted by molar-refractivity contribution is -0.141. The van der Waals surface area contributed by atoms with Gasteiger partial charge in [0.05, 0.1) is 51.3 Å². The standard InChI is InChI=1S/C36H42N4O7S.2C36H40N4O7S/c3*1-3-22-21-36(22,35(43)39-48(44,45)25-13-14-25)37-33(41)30-19-24-20-31(30)34(42)40(2)16-8-4-5-9-17-46-23-12-15-27-26-10-6-7-11-28(26)32(38-47-24)29(27)18-23/h5-7,9-12,15,18,22,24-25,30-31H,3-4,8,13-14,16-17,19-21H2,1-2H3,(H,37,41)(H,39,43);2*3,5-7,9-12,15,18,22,24-25,30-31H,1,4,8,13-14,16-17,19-21H2,2H3,(H,37,41)(H,39,43)/b9-5+,38-32-;9-5+,38-32+;9-5-,38-32+/t3*22-,24-,30-,31-,36-/m111/s1. The molecule has 33 nitrogen and oxygen atoms in total. The fraction of sp³-hybridized carbons (Fsp3) is 0.463. The molecule has 9 saturated carbocycles. The molecule has 6 aromatic carbocycles. The van der Waals surface area contributed by atoms with Gasteiger partial charge in [0.2, 0.25) is 65.5 Å². The van der Waals surface area contributed by atoms with Crippen molar-refractivity contribution < 1.29 is 97.1 Å². The van der Waals surface area contributed by atoms with Crippen molar-refractivity contribution in [1.82, 2.24) is 44.8 Å². The normalized spacial score (nSPS) is 29.9. The van der Waals surface area contributed by atoms with Crippen LogP contribution < -0.4 is 44.3 Å². The third-order valence-corrected chi connectivity index (χ3v) is 36.3. The number of carbonyl (C=O) groups excluding carboxylic acids is 9. The number of hydrogen-bond acceptors (Lipinski definition) is 24. The van der Waals surface area contributed by atoms with Gasteiger partial charge in [-0.1, -0.05) is 150 Å². The van der Waals surface area contributed by atoms with Crippen molar-refractivity contribution in [3.05, 3.63) is 223 Å². The summed E-state index contributed by atoms with van der Waals surface area (Å²) in [5, 5.41) is 20.8. The van der Waals surface area contributed by atoms with Crippen molar-refractivity contribution in [3.8, 4) is 50.6 Å². The van der Waals surface area contributed by atoms with E-state index < -0.39 is 164 Å². The molecule has 144 heavy (non-hydrogen) atoms. The Bertz CT molecular complexity index is 6460. The van der Waals surface area contributed by atoms with E-state index >= 15 is 0 Å². The molecule has 21 rings (SSSR count). The number of nitrogens with zero attached hydrogens (tertiary/aromatic N) is 6. The summed E-state index contributed by atoms with van der Waals surface area (Å²) in [4.78, 5) is 147. The topological polar surface area (TPSA) is 430 Å². The Balaban J connectivity index is 0.000000137. The van der Waals surface area contributed by atoms with Crippen LogP contribution in [0.5, 0.6) is 17.2 Å². The molecule has 0 spiro atoms. The summed E-state index contributed by atoms with van der Waals surface area (Å²) in [6.45, 7) is 12.2. The molecule has 0 radical (unpaired) electrons. The highest BCUT2D eigenvalue weighted by atomic mass is 32.2. The van der Waals surface area contributed by atoms with Gasteiger partial charge < -0.3 is 59.4 Å². The molecular formula is C108H122N12O21S3. The van der Waals surface area contributed by atoms with Crippen molar-refractivity contribution in [1.29, 1.82) is 0 Å². The molecule has 9 amide bonds. The molecule has 15 atom stereocenters. The van der Waals surface area contributed by atoms with Gasteiger partial charge >= 0.3 is 0 Å². The SMILES string of the molecule is C=C[C@@H]1C[C@]1(NC(=O)[C@@H]1C[C@@H]2C[C@H]1C(=O)N(C)CCC/C=C/COc1ccc3c(c1)/C(=N/O2)c1ccccc1-3)C(=O)NS(=O)(=O)C1CC1.C=C[C@@H]1C[C@]1(NC(=O)[C@@H]1C[C@@H]2C[C@H]1C(=O)N(C)CCC/C=C\COc1ccc3c(c1)/C(=N/O2)c1ccccc1-3)C(=O)NS(=O)(=O)C1CC1.CC[C@@H]1C[C@]1(NC(=O)[C@@H]1C[C@@H]2C[C@H]1C(=O)N(C)CCC/C=C/COc1ccc3c(c1)/C(=N\O2)c1ccccc1-3)C(=O)NS(=O)(=O)C1CC1. The second-order valence-electron chi connectivity index (χ2n) is 40.7. The smallest absolute Gasteiger partial charge is 0.259 e. The van der Waals surface area contributed by atoms with Gasteiger partial charge in [0, 0.05) is 86.0 Å². The van der Waals surface area contributed by atoms with Crippen molar-refractivity contribution in [2.75, 3.05) is 60.6 Å². The lowest BCUT2D eigenvalue weighted by Crippen LogP contribution is -2.54. The number of nitrogens with one attached hydrogen (secondary N) is 6. The highest BCUT2D eigenvalue weighted by Gasteiger charge is 2.66. The zero-order chi connectivity index (χ0) is 101. The molecule has 9 fully saturated rings. The van der Waals surface area contributed by atoms with E-state index in [4.69, 9.17) is 28.7 Å². The number of oxime groups is 3. The summed E-state index contributed by atoms with van der Waals surface area (Å²) in [5.41, 5.74) is 9.27. The van der Waals surface area contributed by atoms with E-state index in [-0.39, 0.29) is 75.0 Å². The molecule has 6 aromatic rings. The van der Waals surface area contributed by atoms with Gasteiger partial charge in [-0.2, -0.15) is 0 Å². The molecule has 15 aliphatic rings. The van der Waals surface area contributed by atoms with Crippen LogP contribution in [0.2, 0.25) is 0 Å². The Labute approximate surface area is 838 Å². The largest absolute Gasteiger partial charge is 0.490 e. The van der Waals surface area contributed by atoms with Gasteiger partial charge in [0.25, 0.3) is 17.7 Å². The van der Waals surface area contributed by atoms with Gasteiger partial charge in [0.1, 0.15) is 89.1 Å². The minimum atomic E-state index is -3.82. The summed E-state index contributed by atoms with van der Waals surface area (Å²) >= 11 is 0. The Morgan fingerprint density at radius 2 is 0.667 bits per heavy atom. The molecule has 0 unspecified atom stereocenters. The van der Waals surface area contributed by atoms with Crippen molar-refractivity contribution in [2.45, 2.75) is 199 Å². The van der Waals surface area contributed by atoms with Crippen molar-refractivity contribution in [2.24, 2.45) is 68.7 Å². The first-order valence-corrected chi connectivity index (χ1v) is 54.9. The minimum Gasteiger partial charge on any atom is -0.490 e. The number of rotatable bonds is 18. The number of sulfonamides is 3. The van der Waals surface area contributed by atoms with Crippen LogP contribution in [0.25, 0.3) is 33.4 Å². The second-order valence-corrected chi connectivity index (χ2v) is 46.6. The quantitative estimate of drug-likeness (QED) is 0.0435. The van der Waals surface area contributed by atoms with Crippen LogP contribution in [-0.4, -0.2) is 222 Å². The lowest BCUT2D eigenvalue weighted by Gasteiger charge is -2.26. The van der Waals surface area contributed by atoms with Gasteiger partial charge in [-0.05, 0) is 229 Å². The van der Waals surface area contributed by atoms with Gasteiger partial charge in [-0.15, -0.1) is 13.2 Å². The Morgan fingerprint density at radius 1 is 0.382 bits per heavy atom.